The first kappa shape index (κ1) is 29.6. The molecule has 0 atom stereocenters. The average Bonchev–Trinajstić information content (AvgIpc) is 0. The van der Waals surface area contributed by atoms with E-state index in [-0.39, 0.29) is 92.1 Å². The molecule has 0 unspecified atom stereocenters. The van der Waals surface area contributed by atoms with E-state index >= 15 is 0 Å². The van der Waals surface area contributed by atoms with Crippen molar-refractivity contribution in [2.24, 2.45) is 0 Å². The zero-order valence-electron chi connectivity index (χ0n) is 0.908. The second kappa shape index (κ2) is 17.2. The van der Waals surface area contributed by atoms with E-state index in [1.165, 1.54) is 0 Å². The van der Waals surface area contributed by atoms with Crippen LogP contribution >= 0.6 is 12.4 Å². The molecule has 0 amide bonds. The van der Waals surface area contributed by atoms with Crippen LogP contribution in [0.1, 0.15) is 0 Å². The van der Waals surface area contributed by atoms with Crippen molar-refractivity contribution in [1.82, 2.24) is 0 Å². The van der Waals surface area contributed by atoms with Crippen LogP contribution in [0, 0.1) is 41.7 Å². The summed E-state index contributed by atoms with van der Waals surface area (Å²) in [5.41, 5.74) is 0. The molecule has 0 aromatic rings. The van der Waals surface area contributed by atoms with Gasteiger partial charge in [0.15, 0.2) is 0 Å². The Morgan fingerprint density at radius 2 is 1.00 bits per heavy atom. The van der Waals surface area contributed by atoms with Crippen molar-refractivity contribution in [2.75, 3.05) is 0 Å². The van der Waals surface area contributed by atoms with Crippen molar-refractivity contribution in [3.8, 4) is 0 Å². The molecule has 0 aliphatic rings. The first-order chi connectivity index (χ1) is 0. The van der Waals surface area contributed by atoms with Gasteiger partial charge in [0.2, 0.25) is 0 Å². The third kappa shape index (κ3) is 8.83. The molecule has 0 nitrogen and oxygen atoms in total. The molecule has 0 rings (SSSR count). The van der Waals surface area contributed by atoms with Crippen molar-refractivity contribution in [2.45, 2.75) is 0 Å². The van der Waals surface area contributed by atoms with Gasteiger partial charge in [0.05, 0.1) is 8.41 Å². The molecule has 0 aliphatic heterocycles. The third-order valence-corrected chi connectivity index (χ3v) is 0. The minimum atomic E-state index is 0. The second-order valence-corrected chi connectivity index (χ2v) is 0. The molecule has 0 N–H and O–H groups in total. The first-order valence-corrected chi connectivity index (χ1v) is 0. The van der Waals surface area contributed by atoms with Gasteiger partial charge < -0.3 is 0 Å². The standard InChI is InChI=1S/BH3.Ce.ClH.Na.H/h1H3;;1H;;. The summed E-state index contributed by atoms with van der Waals surface area (Å²) in [6.07, 6.45) is 0. The molecule has 4 heteroatoms. The van der Waals surface area contributed by atoms with Gasteiger partial charge in [-0.25, -0.2) is 0 Å². The maximum atomic E-state index is 0. The van der Waals surface area contributed by atoms with Crippen LogP contribution in [0.25, 0.3) is 0 Å². The van der Waals surface area contributed by atoms with Crippen LogP contribution in [-0.2, 0) is 0 Å². The molecular weight excluding hydrogens is 209 g/mol. The van der Waals surface area contributed by atoms with Crippen LogP contribution in [0.3, 0.4) is 0 Å². The van der Waals surface area contributed by atoms with E-state index in [1.54, 1.807) is 0 Å². The van der Waals surface area contributed by atoms with E-state index in [1.807, 2.05) is 0 Å². The van der Waals surface area contributed by atoms with Crippen LogP contribution in [0.15, 0.2) is 0 Å². The molecule has 0 bridgehead atoms. The minimum absolute atomic E-state index is 0. The van der Waals surface area contributed by atoms with Gasteiger partial charge in [-0.15, -0.1) is 12.4 Å². The fraction of sp³-hybridized carbons (Fsp3) is 0. The van der Waals surface area contributed by atoms with Gasteiger partial charge in [0.1, 0.15) is 0 Å². The quantitative estimate of drug-likeness (QED) is 0.435. The Morgan fingerprint density at radius 1 is 1.00 bits per heavy atom. The zero-order chi connectivity index (χ0) is 0. The van der Waals surface area contributed by atoms with Gasteiger partial charge in [-0.1, -0.05) is 0 Å². The topological polar surface area (TPSA) is 0 Å². The van der Waals surface area contributed by atoms with E-state index in [4.69, 9.17) is 0 Å². The van der Waals surface area contributed by atoms with Crippen molar-refractivity contribution in [3.05, 3.63) is 0 Å². The maximum absolute atomic E-state index is 0. The van der Waals surface area contributed by atoms with E-state index < -0.39 is 0 Å². The molecule has 0 spiro atoms. The Kier molecular flexibility index (Phi) is 127. The molecule has 0 saturated carbocycles. The van der Waals surface area contributed by atoms with Crippen LogP contribution in [-0.4, -0.2) is 38.0 Å². The molecule has 0 aromatic heterocycles. The zero-order valence-corrected chi connectivity index (χ0v) is 4.86. The summed E-state index contributed by atoms with van der Waals surface area (Å²) in [6.45, 7) is 0. The molecule has 0 aromatic carbocycles. The summed E-state index contributed by atoms with van der Waals surface area (Å²) in [5, 5.41) is 0. The molecule has 0 saturated heterocycles. The summed E-state index contributed by atoms with van der Waals surface area (Å²) in [6, 6.07) is 0. The predicted octanol–water partition coefficient (Wildman–Crippen LogP) is -1.41. The fourth-order valence-corrected chi connectivity index (χ4v) is 0. The normalized spacial score (nSPS) is 0. The van der Waals surface area contributed by atoms with Gasteiger partial charge in [-0.3, -0.25) is 0 Å². The van der Waals surface area contributed by atoms with Crippen molar-refractivity contribution in [1.29, 1.82) is 0 Å². The molecule has 0 heterocycles. The molecule has 0 fully saturated rings. The van der Waals surface area contributed by atoms with E-state index in [9.17, 15) is 0 Å². The number of hydrogen-bond donors (Lipinski definition) is 0. The van der Waals surface area contributed by atoms with Crippen LogP contribution in [0.2, 0.25) is 0 Å². The summed E-state index contributed by atoms with van der Waals surface area (Å²) < 4.78 is 0. The van der Waals surface area contributed by atoms with Crippen molar-refractivity contribution >= 4 is 50.4 Å². The molecule has 4 heavy (non-hydrogen) atoms. The number of halogens is 1. The predicted molar refractivity (Wildman–Crippen MR) is 24.3 cm³/mol. The number of hydrogen-bond acceptors (Lipinski definition) is 0. The number of rotatable bonds is 0. The van der Waals surface area contributed by atoms with Gasteiger partial charge in [0.25, 0.3) is 0 Å². The summed E-state index contributed by atoms with van der Waals surface area (Å²) in [5.74, 6) is 0. The van der Waals surface area contributed by atoms with Crippen molar-refractivity contribution in [3.63, 3.8) is 0 Å². The summed E-state index contributed by atoms with van der Waals surface area (Å²) in [4.78, 5) is 0. The molecular formula is H5BCeClNa. The molecule has 0 radical (unpaired) electrons. The summed E-state index contributed by atoms with van der Waals surface area (Å²) in [7, 11) is 0. The Balaban J connectivity index is 0. The van der Waals surface area contributed by atoms with Crippen molar-refractivity contribution < 1.29 is 41.7 Å². The van der Waals surface area contributed by atoms with Gasteiger partial charge in [-0.2, -0.15) is 0 Å². The monoisotopic (exact) mass is 214 g/mol. The fourth-order valence-electron chi connectivity index (χ4n) is 0. The first-order valence-electron chi connectivity index (χ1n) is 0. The summed E-state index contributed by atoms with van der Waals surface area (Å²) >= 11 is 0. The van der Waals surface area contributed by atoms with E-state index in [2.05, 4.69) is 0 Å². The third-order valence-electron chi connectivity index (χ3n) is 0. The van der Waals surface area contributed by atoms with E-state index in [0.717, 1.165) is 0 Å². The molecule has 0 aliphatic carbocycles. The van der Waals surface area contributed by atoms with Gasteiger partial charge >= 0.3 is 29.6 Å². The Bertz CT molecular complexity index is 8.00. The molecule has 20 valence electrons. The van der Waals surface area contributed by atoms with Crippen LogP contribution in [0.4, 0.5) is 0 Å². The Morgan fingerprint density at radius 3 is 1.00 bits per heavy atom. The van der Waals surface area contributed by atoms with Gasteiger partial charge in [0, 0.05) is 41.7 Å². The average molecular weight is 214 g/mol. The van der Waals surface area contributed by atoms with Gasteiger partial charge in [-0.05, 0) is 0 Å². The Labute approximate surface area is 90.1 Å². The van der Waals surface area contributed by atoms with E-state index in [0.29, 0.717) is 0 Å². The SMILES string of the molecule is B.Cl.[Ce].[NaH]. The Hall–Kier alpha value is 2.73. The van der Waals surface area contributed by atoms with Crippen LogP contribution in [0.5, 0.6) is 0 Å². The second-order valence-electron chi connectivity index (χ2n) is 0. The van der Waals surface area contributed by atoms with Crippen LogP contribution < -0.4 is 0 Å².